The minimum Gasteiger partial charge on any atom is -0.497 e. The molecule has 4 nitrogen and oxygen atoms in total. The number of carbonyl (C=O) groups is 1. The minimum absolute atomic E-state index is 0. The first-order valence-corrected chi connectivity index (χ1v) is 8.57. The van der Waals surface area contributed by atoms with E-state index in [0.717, 1.165) is 18.6 Å². The number of esters is 1. The van der Waals surface area contributed by atoms with Crippen molar-refractivity contribution in [1.82, 2.24) is 4.90 Å². The molecule has 0 saturated carbocycles. The Morgan fingerprint density at radius 3 is 2.46 bits per heavy atom. The number of nitrogens with zero attached hydrogens (tertiary/aromatic N) is 1. The van der Waals surface area contributed by atoms with Crippen LogP contribution in [0.3, 0.4) is 0 Å². The van der Waals surface area contributed by atoms with Gasteiger partial charge in [-0.25, -0.2) is 0 Å². The lowest BCUT2D eigenvalue weighted by Gasteiger charge is -2.42. The van der Waals surface area contributed by atoms with E-state index in [1.807, 2.05) is 26.0 Å². The summed E-state index contributed by atoms with van der Waals surface area (Å²) in [6.07, 6.45) is 3.23. The molecule has 0 N–H and O–H groups in total. The van der Waals surface area contributed by atoms with Gasteiger partial charge in [0.25, 0.3) is 0 Å². The summed E-state index contributed by atoms with van der Waals surface area (Å²) in [4.78, 5) is 15.2. The van der Waals surface area contributed by atoms with E-state index in [1.165, 1.54) is 12.0 Å². The van der Waals surface area contributed by atoms with Gasteiger partial charge in [-0.3, -0.25) is 9.69 Å². The minimum atomic E-state index is -0.0745. The zero-order valence-corrected chi connectivity index (χ0v) is 15.7. The summed E-state index contributed by atoms with van der Waals surface area (Å²) in [5.41, 5.74) is 1.22. The zero-order chi connectivity index (χ0) is 16.6. The van der Waals surface area contributed by atoms with Crippen LogP contribution in [0.4, 0.5) is 0 Å². The van der Waals surface area contributed by atoms with Gasteiger partial charge >= 0.3 is 5.97 Å². The largest absolute Gasteiger partial charge is 0.497 e. The molecular formula is C19H28ClNO3. The Morgan fingerprint density at radius 1 is 1.21 bits per heavy atom. The Kier molecular flexibility index (Phi) is 6.16. The molecule has 2 bridgehead atoms. The number of rotatable bonds is 4. The topological polar surface area (TPSA) is 38.8 Å². The molecule has 3 rings (SSSR count). The molecule has 0 amide bonds. The van der Waals surface area contributed by atoms with Crippen LogP contribution in [0.2, 0.25) is 0 Å². The number of benzene rings is 1. The van der Waals surface area contributed by atoms with Crippen LogP contribution in [-0.2, 0) is 9.53 Å². The summed E-state index contributed by atoms with van der Waals surface area (Å²) in [6.45, 7) is 3.84. The molecule has 0 aromatic heterocycles. The van der Waals surface area contributed by atoms with Gasteiger partial charge in [0.1, 0.15) is 5.75 Å². The van der Waals surface area contributed by atoms with Gasteiger partial charge in [-0.05, 0) is 57.9 Å². The fraction of sp³-hybridized carbons (Fsp3) is 0.632. The lowest BCUT2D eigenvalue weighted by molar-refractivity contribution is -0.157. The van der Waals surface area contributed by atoms with Crippen LogP contribution in [-0.4, -0.2) is 43.2 Å². The normalized spacial score (nSPS) is 29.2. The number of piperidine rings is 1. The fourth-order valence-electron chi connectivity index (χ4n) is 4.29. The molecule has 2 aliphatic rings. The fourth-order valence-corrected chi connectivity index (χ4v) is 4.29. The summed E-state index contributed by atoms with van der Waals surface area (Å²) in [5, 5.41) is 0. The Balaban J connectivity index is 0.00000208. The third kappa shape index (κ3) is 3.55. The molecule has 0 unspecified atom stereocenters. The Hall–Kier alpha value is -1.26. The van der Waals surface area contributed by atoms with E-state index in [1.54, 1.807) is 7.11 Å². The van der Waals surface area contributed by atoms with Gasteiger partial charge in [0.2, 0.25) is 0 Å². The smallest absolute Gasteiger partial charge is 0.311 e. The highest BCUT2D eigenvalue weighted by molar-refractivity contribution is 5.85. The van der Waals surface area contributed by atoms with Crippen LogP contribution >= 0.6 is 12.4 Å². The van der Waals surface area contributed by atoms with Crippen LogP contribution in [0.5, 0.6) is 5.75 Å². The summed E-state index contributed by atoms with van der Waals surface area (Å²) < 4.78 is 10.9. The molecule has 2 aliphatic heterocycles. The number of hydrogen-bond acceptors (Lipinski definition) is 4. The van der Waals surface area contributed by atoms with Crippen LogP contribution in [0.15, 0.2) is 24.3 Å². The van der Waals surface area contributed by atoms with Crippen molar-refractivity contribution < 1.29 is 14.3 Å². The highest BCUT2D eigenvalue weighted by Crippen LogP contribution is 2.46. The molecule has 24 heavy (non-hydrogen) atoms. The summed E-state index contributed by atoms with van der Waals surface area (Å²) in [6, 6.07) is 9.05. The van der Waals surface area contributed by atoms with Crippen molar-refractivity contribution in [2.75, 3.05) is 14.2 Å². The van der Waals surface area contributed by atoms with Gasteiger partial charge in [0.05, 0.1) is 19.1 Å². The Bertz CT molecular complexity index is 560. The molecular weight excluding hydrogens is 326 g/mol. The average molecular weight is 354 g/mol. The highest BCUT2D eigenvalue weighted by atomic mass is 35.5. The van der Waals surface area contributed by atoms with Crippen molar-refractivity contribution in [3.8, 4) is 5.75 Å². The number of methoxy groups -OCH3 is 1. The number of hydrogen-bond donors (Lipinski definition) is 0. The van der Waals surface area contributed by atoms with Gasteiger partial charge in [0.15, 0.2) is 0 Å². The molecule has 0 spiro atoms. The third-order valence-corrected chi connectivity index (χ3v) is 5.44. The molecule has 2 saturated heterocycles. The van der Waals surface area contributed by atoms with E-state index in [4.69, 9.17) is 9.47 Å². The van der Waals surface area contributed by atoms with Gasteiger partial charge < -0.3 is 9.47 Å². The van der Waals surface area contributed by atoms with Crippen LogP contribution in [0.25, 0.3) is 0 Å². The van der Waals surface area contributed by atoms with Gasteiger partial charge in [0, 0.05) is 18.0 Å². The number of fused-ring (bicyclic) bond motifs is 2. The maximum absolute atomic E-state index is 12.8. The monoisotopic (exact) mass is 353 g/mol. The maximum atomic E-state index is 12.8. The van der Waals surface area contributed by atoms with Crippen molar-refractivity contribution in [3.05, 3.63) is 29.8 Å². The second-order valence-electron chi connectivity index (χ2n) is 7.09. The quantitative estimate of drug-likeness (QED) is 0.775. The second kappa shape index (κ2) is 7.75. The van der Waals surface area contributed by atoms with Gasteiger partial charge in [-0.15, -0.1) is 12.4 Å². The van der Waals surface area contributed by atoms with Crippen molar-refractivity contribution >= 4 is 18.4 Å². The van der Waals surface area contributed by atoms with Crippen molar-refractivity contribution in [2.45, 2.75) is 57.2 Å². The van der Waals surface area contributed by atoms with E-state index in [9.17, 15) is 4.79 Å². The van der Waals surface area contributed by atoms with Crippen molar-refractivity contribution in [2.24, 2.45) is 5.92 Å². The standard InChI is InChI=1S/C19H27NO3.ClH/c1-12(2)23-19(21)18-16(11-14-7-10-17(18)20(14)3)13-5-8-15(22-4)9-6-13;/h5-6,8-9,12,14,16-18H,7,10-11H2,1-4H3;1H/t14-,16-,17-,18+;/m1./s1. The van der Waals surface area contributed by atoms with Crippen LogP contribution in [0, 0.1) is 5.92 Å². The molecule has 2 heterocycles. The maximum Gasteiger partial charge on any atom is 0.311 e. The summed E-state index contributed by atoms with van der Waals surface area (Å²) in [7, 11) is 3.83. The summed E-state index contributed by atoms with van der Waals surface area (Å²) >= 11 is 0. The summed E-state index contributed by atoms with van der Waals surface area (Å²) in [5.74, 6) is 0.972. The van der Waals surface area contributed by atoms with Crippen LogP contribution < -0.4 is 4.74 Å². The third-order valence-electron chi connectivity index (χ3n) is 5.44. The van der Waals surface area contributed by atoms with E-state index in [0.29, 0.717) is 12.1 Å². The molecule has 1 aromatic rings. The average Bonchev–Trinajstić information content (AvgIpc) is 2.77. The first kappa shape index (κ1) is 19.1. The highest BCUT2D eigenvalue weighted by Gasteiger charge is 2.49. The zero-order valence-electron chi connectivity index (χ0n) is 14.9. The predicted octanol–water partition coefficient (Wildman–Crippen LogP) is 3.63. The first-order valence-electron chi connectivity index (χ1n) is 8.57. The number of carbonyl (C=O) groups excluding carboxylic acids is 1. The van der Waals surface area contributed by atoms with E-state index >= 15 is 0 Å². The molecule has 0 radical (unpaired) electrons. The Labute approximate surface area is 150 Å². The lowest BCUT2D eigenvalue weighted by Crippen LogP contribution is -2.49. The second-order valence-corrected chi connectivity index (χ2v) is 7.09. The first-order chi connectivity index (χ1) is 11.0. The molecule has 4 atom stereocenters. The van der Waals surface area contributed by atoms with Gasteiger partial charge in [-0.1, -0.05) is 12.1 Å². The molecule has 5 heteroatoms. The van der Waals surface area contributed by atoms with Crippen LogP contribution in [0.1, 0.15) is 44.6 Å². The van der Waals surface area contributed by atoms with Crippen molar-refractivity contribution in [1.29, 1.82) is 0 Å². The van der Waals surface area contributed by atoms with E-state index in [2.05, 4.69) is 24.1 Å². The number of halogens is 1. The lowest BCUT2D eigenvalue weighted by atomic mass is 9.76. The SMILES string of the molecule is COc1ccc([C@H]2C[C@H]3CC[C@H]([C@H]2C(=O)OC(C)C)N3C)cc1.Cl. The van der Waals surface area contributed by atoms with E-state index < -0.39 is 0 Å². The predicted molar refractivity (Wildman–Crippen MR) is 96.9 cm³/mol. The molecule has 0 aliphatic carbocycles. The Morgan fingerprint density at radius 2 is 1.88 bits per heavy atom. The van der Waals surface area contributed by atoms with E-state index in [-0.39, 0.29) is 36.3 Å². The van der Waals surface area contributed by atoms with Crippen molar-refractivity contribution in [3.63, 3.8) is 0 Å². The molecule has 134 valence electrons. The molecule has 2 fully saturated rings. The van der Waals surface area contributed by atoms with Gasteiger partial charge in [-0.2, -0.15) is 0 Å². The molecule has 1 aromatic carbocycles. The number of ether oxygens (including phenoxy) is 2.